The molecule has 1 aromatic heterocycles. The molecule has 0 radical (unpaired) electrons. The lowest BCUT2D eigenvalue weighted by Crippen LogP contribution is -2.46. The van der Waals surface area contributed by atoms with E-state index in [-0.39, 0.29) is 31.0 Å². The van der Waals surface area contributed by atoms with Gasteiger partial charge in [-0.25, -0.2) is 4.79 Å². The standard InChI is InChI=1S/C33H33N3O6/c1-4-41-32(38)27-24(20-11-9-15-23(17-20)40-3)18-25-28(30(27)37)26(21-12-10-16-35-19-21)29(33(39)42-5-2)31(34)36(25)22-13-7-6-8-14-22/h6-17,19,24,26-27H,4-5,18,34H2,1-3H3/t24-,26+,27-/m1/s1. The summed E-state index contributed by atoms with van der Waals surface area (Å²) in [5, 5.41) is 0. The molecule has 0 fully saturated rings. The summed E-state index contributed by atoms with van der Waals surface area (Å²) in [5.41, 5.74) is 9.87. The van der Waals surface area contributed by atoms with Gasteiger partial charge in [0.2, 0.25) is 0 Å². The zero-order chi connectivity index (χ0) is 29.8. The van der Waals surface area contributed by atoms with E-state index >= 15 is 0 Å². The topological polar surface area (TPSA) is 121 Å². The number of pyridine rings is 1. The molecule has 3 atom stereocenters. The van der Waals surface area contributed by atoms with Gasteiger partial charge in [-0.3, -0.25) is 19.5 Å². The predicted octanol–water partition coefficient (Wildman–Crippen LogP) is 4.62. The summed E-state index contributed by atoms with van der Waals surface area (Å²) in [6.45, 7) is 3.64. The van der Waals surface area contributed by atoms with Crippen LogP contribution in [0, 0.1) is 5.92 Å². The van der Waals surface area contributed by atoms with Crippen molar-refractivity contribution in [3.8, 4) is 5.75 Å². The van der Waals surface area contributed by atoms with E-state index in [1.807, 2.05) is 48.5 Å². The van der Waals surface area contributed by atoms with Gasteiger partial charge < -0.3 is 19.9 Å². The number of ketones is 1. The average Bonchev–Trinajstić information content (AvgIpc) is 3.01. The van der Waals surface area contributed by atoms with E-state index in [9.17, 15) is 14.4 Å². The Hall–Kier alpha value is -4.92. The number of carbonyl (C=O) groups excluding carboxylic acids is 3. The first-order valence-electron chi connectivity index (χ1n) is 13.9. The van der Waals surface area contributed by atoms with Crippen molar-refractivity contribution in [3.63, 3.8) is 0 Å². The molecule has 0 amide bonds. The molecule has 0 saturated carbocycles. The quantitative estimate of drug-likeness (QED) is 0.307. The molecule has 9 heteroatoms. The minimum atomic E-state index is -1.16. The minimum absolute atomic E-state index is 0.114. The van der Waals surface area contributed by atoms with Gasteiger partial charge in [0.25, 0.3) is 0 Å². The van der Waals surface area contributed by atoms with Gasteiger partial charge in [-0.15, -0.1) is 0 Å². The lowest BCUT2D eigenvalue weighted by atomic mass is 9.67. The molecule has 216 valence electrons. The molecule has 3 aromatic rings. The van der Waals surface area contributed by atoms with E-state index in [0.29, 0.717) is 28.3 Å². The third-order valence-corrected chi connectivity index (χ3v) is 7.63. The molecule has 0 saturated heterocycles. The number of hydrogen-bond acceptors (Lipinski definition) is 9. The average molecular weight is 568 g/mol. The number of benzene rings is 2. The van der Waals surface area contributed by atoms with Gasteiger partial charge in [0, 0.05) is 35.3 Å². The van der Waals surface area contributed by atoms with Crippen LogP contribution >= 0.6 is 0 Å². The Morgan fingerprint density at radius 3 is 2.38 bits per heavy atom. The van der Waals surface area contributed by atoms with Gasteiger partial charge in [0.05, 0.1) is 31.8 Å². The van der Waals surface area contributed by atoms with Crippen molar-refractivity contribution in [1.82, 2.24) is 4.98 Å². The first-order chi connectivity index (χ1) is 20.4. The van der Waals surface area contributed by atoms with Crippen molar-refractivity contribution in [2.24, 2.45) is 11.7 Å². The van der Waals surface area contributed by atoms with Crippen molar-refractivity contribution in [2.45, 2.75) is 32.1 Å². The molecule has 2 aliphatic rings. The number of hydrogen-bond donors (Lipinski definition) is 1. The molecule has 9 nitrogen and oxygen atoms in total. The number of nitrogens with two attached hydrogens (primary N) is 1. The number of Topliss-reactive ketones (excluding diaryl/α,β-unsaturated/α-hetero) is 1. The minimum Gasteiger partial charge on any atom is -0.497 e. The van der Waals surface area contributed by atoms with Crippen LogP contribution in [0.3, 0.4) is 0 Å². The summed E-state index contributed by atoms with van der Waals surface area (Å²) in [6.07, 6.45) is 3.47. The molecule has 0 bridgehead atoms. The van der Waals surface area contributed by atoms with Crippen LogP contribution in [0.5, 0.6) is 5.75 Å². The number of anilines is 1. The highest BCUT2D eigenvalue weighted by molar-refractivity contribution is 6.14. The maximum absolute atomic E-state index is 14.8. The molecular weight excluding hydrogens is 534 g/mol. The summed E-state index contributed by atoms with van der Waals surface area (Å²) >= 11 is 0. The van der Waals surface area contributed by atoms with E-state index in [0.717, 1.165) is 5.56 Å². The smallest absolute Gasteiger partial charge is 0.338 e. The van der Waals surface area contributed by atoms with Gasteiger partial charge in [-0.1, -0.05) is 36.4 Å². The Bertz CT molecular complexity index is 1550. The van der Waals surface area contributed by atoms with Crippen LogP contribution in [0.4, 0.5) is 5.69 Å². The number of nitrogens with zero attached hydrogens (tertiary/aromatic N) is 2. The fourth-order valence-electron chi connectivity index (χ4n) is 5.88. The largest absolute Gasteiger partial charge is 0.497 e. The number of methoxy groups -OCH3 is 1. The number of rotatable bonds is 8. The molecule has 0 unspecified atom stereocenters. The van der Waals surface area contributed by atoms with Crippen LogP contribution in [0.15, 0.2) is 102 Å². The summed E-state index contributed by atoms with van der Waals surface area (Å²) in [7, 11) is 1.56. The van der Waals surface area contributed by atoms with Crippen LogP contribution in [0.2, 0.25) is 0 Å². The van der Waals surface area contributed by atoms with Crippen LogP contribution in [-0.2, 0) is 23.9 Å². The highest BCUT2D eigenvalue weighted by Crippen LogP contribution is 2.51. The maximum Gasteiger partial charge on any atom is 0.338 e. The lowest BCUT2D eigenvalue weighted by Gasteiger charge is -2.44. The highest BCUT2D eigenvalue weighted by atomic mass is 16.5. The second-order valence-electron chi connectivity index (χ2n) is 9.95. The van der Waals surface area contributed by atoms with Crippen LogP contribution in [0.25, 0.3) is 0 Å². The normalized spacial score (nSPS) is 20.2. The Labute approximate surface area is 244 Å². The third-order valence-electron chi connectivity index (χ3n) is 7.63. The highest BCUT2D eigenvalue weighted by Gasteiger charge is 2.51. The Kier molecular flexibility index (Phi) is 8.38. The van der Waals surface area contributed by atoms with E-state index < -0.39 is 35.5 Å². The summed E-state index contributed by atoms with van der Waals surface area (Å²) in [4.78, 5) is 47.9. The fourth-order valence-corrected chi connectivity index (χ4v) is 5.88. The number of ether oxygens (including phenoxy) is 3. The van der Waals surface area contributed by atoms with Gasteiger partial charge in [0.1, 0.15) is 17.5 Å². The Morgan fingerprint density at radius 1 is 0.976 bits per heavy atom. The van der Waals surface area contributed by atoms with Crippen molar-refractivity contribution in [1.29, 1.82) is 0 Å². The second-order valence-corrected chi connectivity index (χ2v) is 9.95. The van der Waals surface area contributed by atoms with E-state index in [1.54, 1.807) is 56.4 Å². The second kappa shape index (κ2) is 12.3. The molecule has 1 aliphatic carbocycles. The molecule has 0 spiro atoms. The number of para-hydroxylation sites is 1. The van der Waals surface area contributed by atoms with Gasteiger partial charge in [0.15, 0.2) is 5.78 Å². The predicted molar refractivity (Wildman–Crippen MR) is 156 cm³/mol. The Morgan fingerprint density at radius 2 is 1.71 bits per heavy atom. The molecular formula is C33H33N3O6. The number of esters is 2. The van der Waals surface area contributed by atoms with E-state index in [1.165, 1.54) is 0 Å². The number of carbonyl (C=O) groups is 3. The number of allylic oxidation sites excluding steroid dienone is 2. The van der Waals surface area contributed by atoms with E-state index in [2.05, 4.69) is 4.98 Å². The summed E-state index contributed by atoms with van der Waals surface area (Å²) in [6, 6.07) is 20.1. The van der Waals surface area contributed by atoms with Gasteiger partial charge in [-0.05, 0) is 61.7 Å². The SMILES string of the molecule is CCOC(=O)C1=C(N)N(c2ccccc2)C2=C(C(=O)[C@H](C(=O)OCC)[C@@H](c3cccc(OC)c3)C2)[C@@H]1c1cccnc1. The fraction of sp³-hybridized carbons (Fsp3) is 0.273. The monoisotopic (exact) mass is 567 g/mol. The van der Waals surface area contributed by atoms with Crippen LogP contribution in [0.1, 0.15) is 43.2 Å². The molecule has 5 rings (SSSR count). The zero-order valence-corrected chi connectivity index (χ0v) is 23.8. The maximum atomic E-state index is 14.8. The zero-order valence-electron chi connectivity index (χ0n) is 23.8. The summed E-state index contributed by atoms with van der Waals surface area (Å²) < 4.78 is 16.4. The number of aromatic nitrogens is 1. The van der Waals surface area contributed by atoms with Crippen molar-refractivity contribution in [3.05, 3.63) is 113 Å². The van der Waals surface area contributed by atoms with Gasteiger partial charge in [-0.2, -0.15) is 0 Å². The molecule has 2 aromatic carbocycles. The first kappa shape index (κ1) is 28.6. The Balaban J connectivity index is 1.80. The molecule has 2 heterocycles. The van der Waals surface area contributed by atoms with Crippen molar-refractivity contribution >= 4 is 23.4 Å². The van der Waals surface area contributed by atoms with Gasteiger partial charge >= 0.3 is 11.9 Å². The van der Waals surface area contributed by atoms with Crippen molar-refractivity contribution < 1.29 is 28.6 Å². The summed E-state index contributed by atoms with van der Waals surface area (Å²) in [5.74, 6) is -3.60. The first-order valence-corrected chi connectivity index (χ1v) is 13.9. The molecule has 42 heavy (non-hydrogen) atoms. The molecule has 2 N–H and O–H groups in total. The third kappa shape index (κ3) is 5.13. The van der Waals surface area contributed by atoms with E-state index in [4.69, 9.17) is 19.9 Å². The lowest BCUT2D eigenvalue weighted by molar-refractivity contribution is -0.152. The van der Waals surface area contributed by atoms with Crippen LogP contribution in [-0.4, -0.2) is 43.0 Å². The molecule has 1 aliphatic heterocycles. The van der Waals surface area contributed by atoms with Crippen LogP contribution < -0.4 is 15.4 Å². The van der Waals surface area contributed by atoms with Crippen molar-refractivity contribution in [2.75, 3.05) is 25.2 Å².